The van der Waals surface area contributed by atoms with E-state index in [9.17, 15) is 10.5 Å². The Morgan fingerprint density at radius 1 is 1.05 bits per heavy atom. The smallest absolute Gasteiger partial charge is 0.140 e. The lowest BCUT2D eigenvalue weighted by molar-refractivity contribution is 0.224. The third-order valence-electron chi connectivity index (χ3n) is 3.98. The van der Waals surface area contributed by atoms with Crippen LogP contribution in [-0.4, -0.2) is 0 Å². The highest BCUT2D eigenvalue weighted by Crippen LogP contribution is 2.44. The Balaban J connectivity index is 3.12. The van der Waals surface area contributed by atoms with E-state index < -0.39 is 5.92 Å². The summed E-state index contributed by atoms with van der Waals surface area (Å²) in [5.74, 6) is -0.00895. The highest BCUT2D eigenvalue weighted by atomic mass is 14.4. The highest BCUT2D eigenvalue weighted by Gasteiger charge is 2.37. The number of benzene rings is 1. The minimum atomic E-state index is -0.598. The second kappa shape index (κ2) is 7.11. The third-order valence-corrected chi connectivity index (χ3v) is 3.98. The molecule has 0 amide bonds. The van der Waals surface area contributed by atoms with Gasteiger partial charge in [0.05, 0.1) is 12.1 Å². The fourth-order valence-electron chi connectivity index (χ4n) is 2.75. The largest absolute Gasteiger partial charge is 0.197 e. The Hall–Kier alpha value is -1.80. The topological polar surface area (TPSA) is 47.6 Å². The number of nitriles is 2. The molecule has 1 aromatic carbocycles. The lowest BCUT2D eigenvalue weighted by Gasteiger charge is -2.36. The summed E-state index contributed by atoms with van der Waals surface area (Å²) in [6.45, 7) is 8.77. The van der Waals surface area contributed by atoms with E-state index in [1.54, 1.807) is 0 Å². The van der Waals surface area contributed by atoms with Gasteiger partial charge >= 0.3 is 0 Å². The maximum absolute atomic E-state index is 9.33. The van der Waals surface area contributed by atoms with Crippen molar-refractivity contribution in [3.8, 4) is 12.1 Å². The van der Waals surface area contributed by atoms with E-state index in [1.807, 2.05) is 30.3 Å². The van der Waals surface area contributed by atoms with E-state index in [2.05, 4.69) is 39.8 Å². The van der Waals surface area contributed by atoms with Crippen molar-refractivity contribution in [2.45, 2.75) is 46.5 Å². The van der Waals surface area contributed by atoms with Crippen LogP contribution in [-0.2, 0) is 0 Å². The standard InChI is InChI=1S/C18H24N2/c1-14(2)10-11-18(3,4)17(16(12-19)13-20)15-8-6-5-7-9-15/h5-9,14,16-17H,10-11H2,1-4H3. The van der Waals surface area contributed by atoms with Crippen molar-refractivity contribution in [1.82, 2.24) is 0 Å². The van der Waals surface area contributed by atoms with Crippen LogP contribution in [0.5, 0.6) is 0 Å². The van der Waals surface area contributed by atoms with Gasteiger partial charge in [-0.05, 0) is 23.3 Å². The SMILES string of the molecule is CC(C)CCC(C)(C)C(c1ccccc1)C(C#N)C#N. The summed E-state index contributed by atoms with van der Waals surface area (Å²) in [7, 11) is 0. The van der Waals surface area contributed by atoms with Crippen LogP contribution in [0.15, 0.2) is 30.3 Å². The summed E-state index contributed by atoms with van der Waals surface area (Å²) in [6.07, 6.45) is 2.13. The van der Waals surface area contributed by atoms with E-state index in [0.717, 1.165) is 18.4 Å². The van der Waals surface area contributed by atoms with Crippen LogP contribution in [0.4, 0.5) is 0 Å². The Morgan fingerprint density at radius 3 is 2.05 bits per heavy atom. The molecule has 20 heavy (non-hydrogen) atoms. The Kier molecular flexibility index (Phi) is 5.78. The average Bonchev–Trinajstić information content (AvgIpc) is 2.43. The summed E-state index contributed by atoms with van der Waals surface area (Å²) < 4.78 is 0. The lowest BCUT2D eigenvalue weighted by Crippen LogP contribution is -2.28. The molecule has 0 saturated heterocycles. The van der Waals surface area contributed by atoms with Gasteiger partial charge < -0.3 is 0 Å². The Morgan fingerprint density at radius 2 is 1.60 bits per heavy atom. The maximum atomic E-state index is 9.33. The first-order valence-corrected chi connectivity index (χ1v) is 7.26. The molecule has 0 aromatic heterocycles. The minimum Gasteiger partial charge on any atom is -0.197 e. The van der Waals surface area contributed by atoms with Crippen molar-refractivity contribution < 1.29 is 0 Å². The Labute approximate surface area is 123 Å². The van der Waals surface area contributed by atoms with Crippen LogP contribution >= 0.6 is 0 Å². The zero-order chi connectivity index (χ0) is 15.2. The first-order valence-electron chi connectivity index (χ1n) is 7.26. The van der Waals surface area contributed by atoms with Crippen LogP contribution in [0.25, 0.3) is 0 Å². The lowest BCUT2D eigenvalue weighted by atomic mass is 9.66. The molecule has 0 aliphatic rings. The molecule has 0 fully saturated rings. The van der Waals surface area contributed by atoms with Gasteiger partial charge in [0.1, 0.15) is 5.92 Å². The first-order chi connectivity index (χ1) is 9.42. The first kappa shape index (κ1) is 16.3. The normalized spacial score (nSPS) is 13.0. The van der Waals surface area contributed by atoms with Gasteiger partial charge in [0.25, 0.3) is 0 Å². The molecule has 1 unspecified atom stereocenters. The van der Waals surface area contributed by atoms with Gasteiger partial charge in [0, 0.05) is 5.92 Å². The van der Waals surface area contributed by atoms with Gasteiger partial charge in [0.15, 0.2) is 0 Å². The van der Waals surface area contributed by atoms with Gasteiger partial charge in [-0.1, -0.05) is 64.4 Å². The Bertz CT molecular complexity index is 474. The summed E-state index contributed by atoms with van der Waals surface area (Å²) in [4.78, 5) is 0. The molecule has 106 valence electrons. The van der Waals surface area contributed by atoms with Crippen LogP contribution < -0.4 is 0 Å². The highest BCUT2D eigenvalue weighted by molar-refractivity contribution is 5.27. The van der Waals surface area contributed by atoms with Crippen LogP contribution in [0.1, 0.15) is 52.0 Å². The molecule has 0 heterocycles. The van der Waals surface area contributed by atoms with Crippen molar-refractivity contribution in [1.29, 1.82) is 10.5 Å². The van der Waals surface area contributed by atoms with E-state index in [-0.39, 0.29) is 11.3 Å². The average molecular weight is 268 g/mol. The molecule has 0 aliphatic carbocycles. The monoisotopic (exact) mass is 268 g/mol. The molecule has 0 N–H and O–H groups in total. The summed E-state index contributed by atoms with van der Waals surface area (Å²) in [5, 5.41) is 18.7. The molecule has 1 aromatic rings. The summed E-state index contributed by atoms with van der Waals surface area (Å²) in [6, 6.07) is 14.4. The van der Waals surface area contributed by atoms with Crippen molar-refractivity contribution >= 4 is 0 Å². The fraction of sp³-hybridized carbons (Fsp3) is 0.556. The van der Waals surface area contributed by atoms with Crippen LogP contribution in [0, 0.1) is 39.9 Å². The van der Waals surface area contributed by atoms with E-state index in [0.29, 0.717) is 5.92 Å². The van der Waals surface area contributed by atoms with E-state index in [4.69, 9.17) is 0 Å². The number of hydrogen-bond donors (Lipinski definition) is 0. The molecular formula is C18H24N2. The molecule has 0 spiro atoms. The van der Waals surface area contributed by atoms with E-state index >= 15 is 0 Å². The number of hydrogen-bond acceptors (Lipinski definition) is 2. The number of rotatable bonds is 6. The fourth-order valence-corrected chi connectivity index (χ4v) is 2.75. The third kappa shape index (κ3) is 4.10. The molecule has 0 saturated carbocycles. The van der Waals surface area contributed by atoms with Gasteiger partial charge in [-0.2, -0.15) is 10.5 Å². The van der Waals surface area contributed by atoms with E-state index in [1.165, 1.54) is 0 Å². The van der Waals surface area contributed by atoms with Crippen LogP contribution in [0.3, 0.4) is 0 Å². The molecule has 0 aliphatic heterocycles. The second-order valence-electron chi connectivity index (χ2n) is 6.55. The zero-order valence-electron chi connectivity index (χ0n) is 12.9. The van der Waals surface area contributed by atoms with Crippen molar-refractivity contribution in [2.75, 3.05) is 0 Å². The van der Waals surface area contributed by atoms with Gasteiger partial charge in [-0.25, -0.2) is 0 Å². The molecule has 0 radical (unpaired) electrons. The molecule has 2 heteroatoms. The zero-order valence-corrected chi connectivity index (χ0v) is 12.9. The van der Waals surface area contributed by atoms with Gasteiger partial charge in [-0.15, -0.1) is 0 Å². The molecule has 1 rings (SSSR count). The maximum Gasteiger partial charge on any atom is 0.140 e. The van der Waals surface area contributed by atoms with Gasteiger partial charge in [-0.3, -0.25) is 0 Å². The van der Waals surface area contributed by atoms with Gasteiger partial charge in [0.2, 0.25) is 0 Å². The second-order valence-corrected chi connectivity index (χ2v) is 6.55. The van der Waals surface area contributed by atoms with Crippen molar-refractivity contribution in [3.05, 3.63) is 35.9 Å². The quantitative estimate of drug-likeness (QED) is 0.737. The molecule has 2 nitrogen and oxygen atoms in total. The minimum absolute atomic E-state index is 0.0440. The molecule has 1 atom stereocenters. The van der Waals surface area contributed by atoms with Crippen molar-refractivity contribution in [3.63, 3.8) is 0 Å². The van der Waals surface area contributed by atoms with Crippen molar-refractivity contribution in [2.24, 2.45) is 17.3 Å². The van der Waals surface area contributed by atoms with Crippen LogP contribution in [0.2, 0.25) is 0 Å². The predicted octanol–water partition coefficient (Wildman–Crippen LogP) is 4.90. The molecule has 0 bridgehead atoms. The molecular weight excluding hydrogens is 244 g/mol. The summed E-state index contributed by atoms with van der Waals surface area (Å²) in [5.41, 5.74) is 1.02. The predicted molar refractivity (Wildman–Crippen MR) is 81.8 cm³/mol. The number of nitrogens with zero attached hydrogens (tertiary/aromatic N) is 2. The summed E-state index contributed by atoms with van der Waals surface area (Å²) >= 11 is 0.